The molecular weight excluding hydrogens is 311 g/mol. The normalized spacial score (nSPS) is 15.1. The highest BCUT2D eigenvalue weighted by Gasteiger charge is 2.25. The molecule has 5 heteroatoms. The minimum atomic E-state index is -0.200. The second kappa shape index (κ2) is 6.71. The molecule has 122 valence electrons. The van der Waals surface area contributed by atoms with Crippen LogP contribution in [0.25, 0.3) is 0 Å². The molecule has 0 unspecified atom stereocenters. The molecule has 1 aromatic carbocycles. The first-order valence-corrected chi connectivity index (χ1v) is 8.85. The van der Waals surface area contributed by atoms with Gasteiger partial charge in [0, 0.05) is 36.4 Å². The molecule has 1 aliphatic heterocycles. The van der Waals surface area contributed by atoms with E-state index in [1.165, 1.54) is 10.9 Å². The molecule has 0 aliphatic carbocycles. The van der Waals surface area contributed by atoms with Gasteiger partial charge in [-0.05, 0) is 31.0 Å². The predicted molar refractivity (Wildman–Crippen MR) is 93.0 cm³/mol. The Morgan fingerprint density at radius 1 is 1.22 bits per heavy atom. The maximum absolute atomic E-state index is 13.9. The van der Waals surface area contributed by atoms with Crippen molar-refractivity contribution in [2.45, 2.75) is 20.3 Å². The fraction of sp³-hybridized carbons (Fsp3) is 0.389. The van der Waals surface area contributed by atoms with Crippen LogP contribution in [0.4, 0.5) is 10.1 Å². The van der Waals surface area contributed by atoms with Crippen molar-refractivity contribution in [3.05, 3.63) is 51.5 Å². The van der Waals surface area contributed by atoms with E-state index in [9.17, 15) is 9.18 Å². The van der Waals surface area contributed by atoms with Crippen molar-refractivity contribution in [3.63, 3.8) is 0 Å². The molecule has 1 aliphatic rings. The molecule has 0 saturated carbocycles. The number of carbonyl (C=O) groups excluding carboxylic acids is 1. The Balaban J connectivity index is 1.69. The van der Waals surface area contributed by atoms with Crippen LogP contribution in [-0.4, -0.2) is 37.0 Å². The number of rotatable bonds is 3. The number of aryl methyl sites for hydroxylation is 1. The monoisotopic (exact) mass is 332 g/mol. The molecule has 2 aromatic rings. The zero-order valence-electron chi connectivity index (χ0n) is 13.5. The van der Waals surface area contributed by atoms with Gasteiger partial charge >= 0.3 is 0 Å². The van der Waals surface area contributed by atoms with Crippen LogP contribution in [0, 0.1) is 12.7 Å². The van der Waals surface area contributed by atoms with E-state index in [-0.39, 0.29) is 11.7 Å². The lowest BCUT2D eigenvalue weighted by Gasteiger charge is -2.36. The fourth-order valence-corrected chi connectivity index (χ4v) is 4.06. The minimum Gasteiger partial charge on any atom is -0.366 e. The molecule has 1 aromatic heterocycles. The average Bonchev–Trinajstić information content (AvgIpc) is 2.95. The fourth-order valence-electron chi connectivity index (χ4n) is 3.13. The number of anilines is 1. The molecule has 1 fully saturated rings. The Morgan fingerprint density at radius 3 is 2.57 bits per heavy atom. The number of amides is 1. The summed E-state index contributed by atoms with van der Waals surface area (Å²) >= 11 is 1.64. The van der Waals surface area contributed by atoms with E-state index in [1.54, 1.807) is 23.5 Å². The summed E-state index contributed by atoms with van der Waals surface area (Å²) in [6.07, 6.45) is 0.881. The minimum absolute atomic E-state index is 0.111. The van der Waals surface area contributed by atoms with Crippen LogP contribution in [-0.2, 0) is 6.42 Å². The van der Waals surface area contributed by atoms with Crippen molar-refractivity contribution in [2.24, 2.45) is 0 Å². The SMILES string of the molecule is CCc1c(C(=O)N2CCN(c3ccccc3F)CC2)csc1C. The Bertz CT molecular complexity index is 705. The highest BCUT2D eigenvalue weighted by molar-refractivity contribution is 7.10. The Hall–Kier alpha value is -1.88. The molecule has 3 nitrogen and oxygen atoms in total. The number of benzene rings is 1. The van der Waals surface area contributed by atoms with Crippen LogP contribution in [0.15, 0.2) is 29.6 Å². The van der Waals surface area contributed by atoms with Gasteiger partial charge in [0.05, 0.1) is 11.3 Å². The highest BCUT2D eigenvalue weighted by atomic mass is 32.1. The molecule has 0 bridgehead atoms. The third-order valence-corrected chi connectivity index (χ3v) is 5.40. The molecule has 2 heterocycles. The van der Waals surface area contributed by atoms with Crippen molar-refractivity contribution in [1.82, 2.24) is 4.90 Å². The number of nitrogens with zero attached hydrogens (tertiary/aromatic N) is 2. The molecule has 23 heavy (non-hydrogen) atoms. The van der Waals surface area contributed by atoms with Crippen LogP contribution in [0.5, 0.6) is 0 Å². The first-order valence-electron chi connectivity index (χ1n) is 7.97. The summed E-state index contributed by atoms with van der Waals surface area (Å²) in [7, 11) is 0. The third kappa shape index (κ3) is 3.11. The van der Waals surface area contributed by atoms with Crippen LogP contribution in [0.1, 0.15) is 27.7 Å². The maximum atomic E-state index is 13.9. The zero-order chi connectivity index (χ0) is 16.4. The number of hydrogen-bond acceptors (Lipinski definition) is 3. The number of hydrogen-bond donors (Lipinski definition) is 0. The molecule has 1 saturated heterocycles. The van der Waals surface area contributed by atoms with E-state index < -0.39 is 0 Å². The summed E-state index contributed by atoms with van der Waals surface area (Å²) in [5.74, 6) is -0.0895. The van der Waals surface area contributed by atoms with Gasteiger partial charge in [-0.25, -0.2) is 4.39 Å². The molecule has 0 N–H and O–H groups in total. The Labute approximate surface area is 140 Å². The van der Waals surface area contributed by atoms with Gasteiger partial charge in [0.25, 0.3) is 5.91 Å². The molecule has 0 atom stereocenters. The standard InChI is InChI=1S/C18H21FN2OS/c1-3-14-13(2)23-12-15(14)18(22)21-10-8-20(9-11-21)17-7-5-4-6-16(17)19/h4-7,12H,3,8-11H2,1-2H3. The van der Waals surface area contributed by atoms with Gasteiger partial charge < -0.3 is 9.80 Å². The molecule has 1 amide bonds. The highest BCUT2D eigenvalue weighted by Crippen LogP contribution is 2.25. The van der Waals surface area contributed by atoms with Gasteiger partial charge in [0.15, 0.2) is 0 Å². The second-order valence-corrected chi connectivity index (χ2v) is 6.85. The Kier molecular flexibility index (Phi) is 4.66. The average molecular weight is 332 g/mol. The van der Waals surface area contributed by atoms with Gasteiger partial charge in [-0.3, -0.25) is 4.79 Å². The van der Waals surface area contributed by atoms with E-state index in [0.29, 0.717) is 31.9 Å². The lowest BCUT2D eigenvalue weighted by Crippen LogP contribution is -2.49. The van der Waals surface area contributed by atoms with Crippen molar-refractivity contribution >= 4 is 22.9 Å². The predicted octanol–water partition coefficient (Wildman–Crippen LogP) is 3.72. The summed E-state index contributed by atoms with van der Waals surface area (Å²) in [6.45, 7) is 6.74. The summed E-state index contributed by atoms with van der Waals surface area (Å²) in [5, 5.41) is 1.97. The number of halogens is 1. The van der Waals surface area contributed by atoms with Crippen LogP contribution in [0.2, 0.25) is 0 Å². The second-order valence-electron chi connectivity index (χ2n) is 5.77. The van der Waals surface area contributed by atoms with Crippen molar-refractivity contribution in [2.75, 3.05) is 31.1 Å². The van der Waals surface area contributed by atoms with Crippen molar-refractivity contribution in [3.8, 4) is 0 Å². The van der Waals surface area contributed by atoms with Crippen LogP contribution >= 0.6 is 11.3 Å². The quantitative estimate of drug-likeness (QED) is 0.855. The van der Waals surface area contributed by atoms with Crippen LogP contribution < -0.4 is 4.90 Å². The van der Waals surface area contributed by atoms with E-state index in [2.05, 4.69) is 13.8 Å². The van der Waals surface area contributed by atoms with E-state index in [4.69, 9.17) is 0 Å². The van der Waals surface area contributed by atoms with Gasteiger partial charge in [-0.1, -0.05) is 19.1 Å². The molecule has 0 radical (unpaired) electrons. The molecular formula is C18H21FN2OS. The lowest BCUT2D eigenvalue weighted by atomic mass is 10.1. The molecule has 0 spiro atoms. The smallest absolute Gasteiger partial charge is 0.255 e. The number of carbonyl (C=O) groups is 1. The van der Waals surface area contributed by atoms with E-state index in [0.717, 1.165) is 17.5 Å². The van der Waals surface area contributed by atoms with Gasteiger partial charge in [-0.2, -0.15) is 0 Å². The van der Waals surface area contributed by atoms with Gasteiger partial charge in [-0.15, -0.1) is 11.3 Å². The molecule has 3 rings (SSSR count). The maximum Gasteiger partial charge on any atom is 0.255 e. The summed E-state index contributed by atoms with van der Waals surface area (Å²) in [6, 6.07) is 6.82. The summed E-state index contributed by atoms with van der Waals surface area (Å²) in [4.78, 5) is 17.9. The van der Waals surface area contributed by atoms with E-state index in [1.807, 2.05) is 21.2 Å². The first kappa shape index (κ1) is 16.0. The summed E-state index contributed by atoms with van der Waals surface area (Å²) in [5.41, 5.74) is 2.63. The van der Waals surface area contributed by atoms with Gasteiger partial charge in [0.2, 0.25) is 0 Å². The first-order chi connectivity index (χ1) is 11.1. The number of thiophene rings is 1. The van der Waals surface area contributed by atoms with Crippen molar-refractivity contribution < 1.29 is 9.18 Å². The summed E-state index contributed by atoms with van der Waals surface area (Å²) < 4.78 is 13.9. The topological polar surface area (TPSA) is 23.6 Å². The largest absolute Gasteiger partial charge is 0.366 e. The van der Waals surface area contributed by atoms with Crippen molar-refractivity contribution in [1.29, 1.82) is 0 Å². The number of piperazine rings is 1. The zero-order valence-corrected chi connectivity index (χ0v) is 14.3. The van der Waals surface area contributed by atoms with E-state index >= 15 is 0 Å². The Morgan fingerprint density at radius 2 is 1.91 bits per heavy atom. The lowest BCUT2D eigenvalue weighted by molar-refractivity contribution is 0.0746. The van der Waals surface area contributed by atoms with Crippen LogP contribution in [0.3, 0.4) is 0 Å². The number of para-hydroxylation sites is 1. The van der Waals surface area contributed by atoms with Gasteiger partial charge in [0.1, 0.15) is 5.82 Å². The third-order valence-electron chi connectivity index (χ3n) is 4.45.